The van der Waals surface area contributed by atoms with Gasteiger partial charge in [0.2, 0.25) is 0 Å². The van der Waals surface area contributed by atoms with E-state index in [0.29, 0.717) is 0 Å². The second-order valence-corrected chi connectivity index (χ2v) is 16.4. The van der Waals surface area contributed by atoms with Crippen molar-refractivity contribution in [3.8, 4) is 44.5 Å². The number of fused-ring (bicyclic) bond motifs is 12. The summed E-state index contributed by atoms with van der Waals surface area (Å²) in [5.41, 5.74) is 22.0. The Morgan fingerprint density at radius 2 is 0.836 bits per heavy atom. The molecule has 10 aromatic rings. The highest BCUT2D eigenvalue weighted by atomic mass is 15.2. The Labute approximate surface area is 355 Å². The fraction of sp³-hybridized carbons (Fsp3) is 0.0169. The van der Waals surface area contributed by atoms with Crippen LogP contribution < -0.4 is 9.80 Å². The van der Waals surface area contributed by atoms with Crippen molar-refractivity contribution in [3.63, 3.8) is 0 Å². The molecule has 0 atom stereocenters. The van der Waals surface area contributed by atoms with E-state index in [9.17, 15) is 0 Å². The van der Waals surface area contributed by atoms with Crippen molar-refractivity contribution in [2.24, 2.45) is 0 Å². The summed E-state index contributed by atoms with van der Waals surface area (Å²) in [5, 5.41) is 2.55. The molecule has 2 aliphatic carbocycles. The zero-order chi connectivity index (χ0) is 40.1. The van der Waals surface area contributed by atoms with Gasteiger partial charge in [0.1, 0.15) is 0 Å². The van der Waals surface area contributed by atoms with Crippen LogP contribution in [0.25, 0.3) is 55.3 Å². The van der Waals surface area contributed by atoms with Gasteiger partial charge in [-0.3, -0.25) is 0 Å². The van der Waals surface area contributed by atoms with Gasteiger partial charge in [-0.15, -0.1) is 0 Å². The topological polar surface area (TPSA) is 6.48 Å². The summed E-state index contributed by atoms with van der Waals surface area (Å²) in [6, 6.07) is 85.2. The van der Waals surface area contributed by atoms with E-state index in [2.05, 4.69) is 240 Å². The first-order chi connectivity index (χ1) is 30.3. The number of hydrogen-bond acceptors (Lipinski definition) is 2. The maximum absolute atomic E-state index is 2.47. The Hall–Kier alpha value is -7.94. The van der Waals surface area contributed by atoms with Gasteiger partial charge < -0.3 is 9.80 Å². The summed E-state index contributed by atoms with van der Waals surface area (Å²) in [4.78, 5) is 4.84. The van der Waals surface area contributed by atoms with E-state index in [1.807, 2.05) is 0 Å². The van der Waals surface area contributed by atoms with Gasteiger partial charge in [0, 0.05) is 33.7 Å². The van der Waals surface area contributed by atoms with Crippen LogP contribution in [-0.2, 0) is 5.41 Å². The highest BCUT2D eigenvalue weighted by molar-refractivity contribution is 6.13. The Morgan fingerprint density at radius 1 is 0.311 bits per heavy atom. The Morgan fingerprint density at radius 3 is 1.54 bits per heavy atom. The first kappa shape index (κ1) is 34.0. The van der Waals surface area contributed by atoms with E-state index in [0.717, 1.165) is 22.7 Å². The SMILES string of the molecule is c1ccc(N(c2ccc(-c3cccc(N4c5ccccc5-c5cccc6cccc4c56)c3)cc2)c2ccc3c(c2)C2(c4ccccc4-c4ccccc42)c2ccccc2-3)cc1. The lowest BCUT2D eigenvalue weighted by molar-refractivity contribution is 0.793. The van der Waals surface area contributed by atoms with E-state index in [-0.39, 0.29) is 0 Å². The van der Waals surface area contributed by atoms with Crippen LogP contribution in [0, 0.1) is 0 Å². The van der Waals surface area contributed by atoms with E-state index in [4.69, 9.17) is 0 Å². The molecular formula is C59H38N2. The Kier molecular flexibility index (Phi) is 7.26. The molecule has 0 radical (unpaired) electrons. The van der Waals surface area contributed by atoms with E-state index >= 15 is 0 Å². The fourth-order valence-electron chi connectivity index (χ4n) is 10.9. The third-order valence-electron chi connectivity index (χ3n) is 13.4. The van der Waals surface area contributed by atoms with Gasteiger partial charge in [0.05, 0.1) is 16.8 Å². The predicted molar refractivity (Wildman–Crippen MR) is 254 cm³/mol. The molecule has 1 spiro atoms. The van der Waals surface area contributed by atoms with Gasteiger partial charge in [0.25, 0.3) is 0 Å². The van der Waals surface area contributed by atoms with Gasteiger partial charge in [-0.05, 0) is 127 Å². The van der Waals surface area contributed by atoms with Crippen molar-refractivity contribution in [1.29, 1.82) is 0 Å². The first-order valence-electron chi connectivity index (χ1n) is 21.2. The molecule has 10 aromatic carbocycles. The molecule has 0 amide bonds. The molecule has 3 aliphatic rings. The Bertz CT molecular complexity index is 3310. The molecule has 61 heavy (non-hydrogen) atoms. The van der Waals surface area contributed by atoms with Gasteiger partial charge in [-0.25, -0.2) is 0 Å². The minimum atomic E-state index is -0.408. The largest absolute Gasteiger partial charge is 0.310 e. The normalized spacial score (nSPS) is 13.3. The number of nitrogens with zero attached hydrogens (tertiary/aromatic N) is 2. The summed E-state index contributed by atoms with van der Waals surface area (Å²) in [7, 11) is 0. The molecule has 1 aliphatic heterocycles. The van der Waals surface area contributed by atoms with Crippen molar-refractivity contribution in [1.82, 2.24) is 0 Å². The zero-order valence-corrected chi connectivity index (χ0v) is 33.3. The summed E-state index contributed by atoms with van der Waals surface area (Å²) >= 11 is 0. The van der Waals surface area contributed by atoms with E-state index < -0.39 is 5.41 Å². The highest BCUT2D eigenvalue weighted by Crippen LogP contribution is 2.63. The van der Waals surface area contributed by atoms with Crippen LogP contribution in [0.5, 0.6) is 0 Å². The number of para-hydroxylation sites is 2. The van der Waals surface area contributed by atoms with Gasteiger partial charge >= 0.3 is 0 Å². The maximum atomic E-state index is 2.47. The minimum absolute atomic E-state index is 0.408. The van der Waals surface area contributed by atoms with Crippen LogP contribution in [0.3, 0.4) is 0 Å². The third kappa shape index (κ3) is 4.79. The van der Waals surface area contributed by atoms with Crippen molar-refractivity contribution in [2.45, 2.75) is 5.41 Å². The van der Waals surface area contributed by atoms with Crippen LogP contribution in [0.1, 0.15) is 22.3 Å². The average Bonchev–Trinajstić information content (AvgIpc) is 3.80. The lowest BCUT2D eigenvalue weighted by atomic mass is 9.70. The summed E-state index contributed by atoms with van der Waals surface area (Å²) in [5.74, 6) is 0. The highest BCUT2D eigenvalue weighted by Gasteiger charge is 2.51. The number of rotatable bonds is 5. The molecule has 284 valence electrons. The van der Waals surface area contributed by atoms with Crippen LogP contribution in [0.15, 0.2) is 231 Å². The maximum Gasteiger partial charge on any atom is 0.0726 e. The van der Waals surface area contributed by atoms with Crippen LogP contribution in [0.2, 0.25) is 0 Å². The second kappa shape index (κ2) is 13.0. The Balaban J connectivity index is 0.931. The molecule has 2 nitrogen and oxygen atoms in total. The second-order valence-electron chi connectivity index (χ2n) is 16.4. The number of benzene rings is 10. The summed E-state index contributed by atoms with van der Waals surface area (Å²) in [6.45, 7) is 0. The number of anilines is 6. The molecular weight excluding hydrogens is 737 g/mol. The molecule has 0 aromatic heterocycles. The lowest BCUT2D eigenvalue weighted by Crippen LogP contribution is -2.26. The van der Waals surface area contributed by atoms with Gasteiger partial charge in [0.15, 0.2) is 0 Å². The van der Waals surface area contributed by atoms with Crippen LogP contribution >= 0.6 is 0 Å². The quantitative estimate of drug-likeness (QED) is 0.172. The summed E-state index contributed by atoms with van der Waals surface area (Å²) < 4.78 is 0. The van der Waals surface area contributed by atoms with E-state index in [1.54, 1.807) is 0 Å². The average molecular weight is 775 g/mol. The molecule has 2 heteroatoms. The fourth-order valence-corrected chi connectivity index (χ4v) is 10.9. The lowest BCUT2D eigenvalue weighted by Gasteiger charge is -2.33. The minimum Gasteiger partial charge on any atom is -0.310 e. The number of hydrogen-bond donors (Lipinski definition) is 0. The smallest absolute Gasteiger partial charge is 0.0726 e. The van der Waals surface area contributed by atoms with Crippen molar-refractivity contribution >= 4 is 44.9 Å². The predicted octanol–water partition coefficient (Wildman–Crippen LogP) is 15.8. The van der Waals surface area contributed by atoms with Crippen molar-refractivity contribution < 1.29 is 0 Å². The van der Waals surface area contributed by atoms with Crippen molar-refractivity contribution in [3.05, 3.63) is 253 Å². The standard InChI is InChI=1S/C59H38N2/c1-2-18-42(19-3-1)60(45-35-36-49-48-23-6-10-28-54(48)59(55(49)38-45)52-26-8-4-21-46(52)47-22-5-9-27-53(47)59)43-33-31-39(32-34-43)41-17-12-20-44(37-41)61-56-29-11-7-24-50(56)51-25-13-15-40-16-14-30-57(61)58(40)51/h1-38H. The molecule has 0 saturated heterocycles. The van der Waals surface area contributed by atoms with Crippen LogP contribution in [-0.4, -0.2) is 0 Å². The molecule has 0 N–H and O–H groups in total. The van der Waals surface area contributed by atoms with Crippen LogP contribution in [0.4, 0.5) is 34.1 Å². The third-order valence-corrected chi connectivity index (χ3v) is 13.4. The molecule has 13 rings (SSSR count). The van der Waals surface area contributed by atoms with E-state index in [1.165, 1.54) is 88.9 Å². The summed E-state index contributed by atoms with van der Waals surface area (Å²) in [6.07, 6.45) is 0. The van der Waals surface area contributed by atoms with Gasteiger partial charge in [-0.1, -0.05) is 170 Å². The molecule has 0 fully saturated rings. The monoisotopic (exact) mass is 774 g/mol. The molecule has 0 saturated carbocycles. The molecule has 0 bridgehead atoms. The first-order valence-corrected chi connectivity index (χ1v) is 21.2. The molecule has 1 heterocycles. The zero-order valence-electron chi connectivity index (χ0n) is 33.3. The molecule has 0 unspecified atom stereocenters. The van der Waals surface area contributed by atoms with Crippen molar-refractivity contribution in [2.75, 3.05) is 9.80 Å². The van der Waals surface area contributed by atoms with Gasteiger partial charge in [-0.2, -0.15) is 0 Å².